The predicted octanol–water partition coefficient (Wildman–Crippen LogP) is 6.52. The number of aromatic nitrogens is 3. The van der Waals surface area contributed by atoms with Gasteiger partial charge in [0, 0.05) is 41.6 Å². The third-order valence-corrected chi connectivity index (χ3v) is 6.72. The van der Waals surface area contributed by atoms with Crippen molar-refractivity contribution in [3.05, 3.63) is 58.1 Å². The molecule has 1 aliphatic rings. The Morgan fingerprint density at radius 3 is 2.55 bits per heavy atom. The molecule has 1 unspecified atom stereocenters. The zero-order chi connectivity index (χ0) is 23.8. The van der Waals surface area contributed by atoms with Gasteiger partial charge >= 0.3 is 0 Å². The maximum Gasteiger partial charge on any atom is 0.258 e. The number of hydrogen-bond donors (Lipinski definition) is 0. The van der Waals surface area contributed by atoms with Crippen LogP contribution in [0.3, 0.4) is 0 Å². The molecule has 0 saturated carbocycles. The van der Waals surface area contributed by atoms with Gasteiger partial charge in [-0.25, -0.2) is 4.98 Å². The van der Waals surface area contributed by atoms with Crippen molar-refractivity contribution in [2.24, 2.45) is 5.92 Å². The van der Waals surface area contributed by atoms with E-state index in [9.17, 15) is 4.79 Å². The number of fused-ring (bicyclic) bond motifs is 1. The fourth-order valence-electron chi connectivity index (χ4n) is 4.37. The van der Waals surface area contributed by atoms with E-state index in [1.54, 1.807) is 16.7 Å². The third-order valence-electron chi connectivity index (χ3n) is 6.47. The fourth-order valence-corrected chi connectivity index (χ4v) is 4.50. The molecule has 180 valence electrons. The van der Waals surface area contributed by atoms with E-state index in [0.29, 0.717) is 10.8 Å². The highest BCUT2D eigenvalue weighted by Gasteiger charge is 2.20. The number of unbranched alkanes of at least 4 members (excludes halogenated alkanes) is 2. The molecule has 3 heterocycles. The standard InChI is InChI=1S/C17H18ClN3O.C10H21N/c1-2-3-4-10-20-11-9-16(22)21-12-15(19-17(20)21)13-5-7-14(18)8-6-13;1-9(2)6-7-10-5-4-8-11(10)3/h5-9,11-12H,2-4,10H2,1H3;9-10H,4-8H2,1-3H3. The van der Waals surface area contributed by atoms with E-state index in [1.165, 1.54) is 45.1 Å². The number of rotatable bonds is 8. The Bertz CT molecular complexity index is 1050. The third kappa shape index (κ3) is 7.18. The first-order valence-electron chi connectivity index (χ1n) is 12.4. The van der Waals surface area contributed by atoms with Crippen molar-refractivity contribution in [3.8, 4) is 11.3 Å². The van der Waals surface area contributed by atoms with Crippen molar-refractivity contribution in [1.29, 1.82) is 0 Å². The van der Waals surface area contributed by atoms with Crippen LogP contribution in [0.4, 0.5) is 0 Å². The van der Waals surface area contributed by atoms with Gasteiger partial charge in [0.2, 0.25) is 5.78 Å². The van der Waals surface area contributed by atoms with E-state index >= 15 is 0 Å². The van der Waals surface area contributed by atoms with Crippen molar-refractivity contribution < 1.29 is 0 Å². The number of hydrogen-bond acceptors (Lipinski definition) is 3. The summed E-state index contributed by atoms with van der Waals surface area (Å²) in [6.07, 6.45) is 12.7. The molecule has 4 rings (SSSR count). The molecule has 0 spiro atoms. The quantitative estimate of drug-likeness (QED) is 0.352. The number of imidazole rings is 1. The zero-order valence-electron chi connectivity index (χ0n) is 20.6. The maximum absolute atomic E-state index is 12.0. The molecule has 2 aromatic heterocycles. The van der Waals surface area contributed by atoms with Crippen LogP contribution in [-0.4, -0.2) is 38.5 Å². The number of likely N-dealkylation sites (tertiary alicyclic amines) is 1. The van der Waals surface area contributed by atoms with Crippen molar-refractivity contribution in [3.63, 3.8) is 0 Å². The Balaban J connectivity index is 0.000000235. The minimum absolute atomic E-state index is 0.0607. The Kier molecular flexibility index (Phi) is 9.57. The molecule has 0 bridgehead atoms. The summed E-state index contributed by atoms with van der Waals surface area (Å²) in [6, 6.07) is 9.97. The van der Waals surface area contributed by atoms with E-state index in [-0.39, 0.29) is 5.56 Å². The van der Waals surface area contributed by atoms with Gasteiger partial charge in [-0.1, -0.05) is 57.3 Å². The lowest BCUT2D eigenvalue weighted by atomic mass is 10.0. The molecule has 0 N–H and O–H groups in total. The number of halogens is 1. The van der Waals surface area contributed by atoms with Crippen LogP contribution in [0.5, 0.6) is 0 Å². The lowest BCUT2D eigenvalue weighted by Gasteiger charge is -2.19. The number of nitrogens with zero attached hydrogens (tertiary/aromatic N) is 4. The van der Waals surface area contributed by atoms with Crippen LogP contribution in [0.25, 0.3) is 17.0 Å². The number of aryl methyl sites for hydroxylation is 1. The first-order chi connectivity index (χ1) is 15.9. The molecule has 1 fully saturated rings. The van der Waals surface area contributed by atoms with Gasteiger partial charge in [0.05, 0.1) is 5.69 Å². The van der Waals surface area contributed by atoms with Crippen LogP contribution in [0.1, 0.15) is 65.7 Å². The van der Waals surface area contributed by atoms with E-state index in [2.05, 4.69) is 37.7 Å². The highest BCUT2D eigenvalue weighted by Crippen LogP contribution is 2.22. The van der Waals surface area contributed by atoms with Gasteiger partial charge < -0.3 is 9.47 Å². The van der Waals surface area contributed by atoms with E-state index < -0.39 is 0 Å². The van der Waals surface area contributed by atoms with Crippen LogP contribution in [-0.2, 0) is 6.54 Å². The second-order valence-electron chi connectivity index (χ2n) is 9.61. The smallest absolute Gasteiger partial charge is 0.258 e. The molecule has 33 heavy (non-hydrogen) atoms. The molecule has 5 nitrogen and oxygen atoms in total. The van der Waals surface area contributed by atoms with Gasteiger partial charge in [-0.3, -0.25) is 9.20 Å². The number of benzene rings is 1. The highest BCUT2D eigenvalue weighted by atomic mass is 35.5. The van der Waals surface area contributed by atoms with Crippen LogP contribution in [0.2, 0.25) is 5.02 Å². The molecule has 1 atom stereocenters. The Hall–Kier alpha value is -2.11. The normalized spacial score (nSPS) is 16.4. The largest absolute Gasteiger partial charge is 0.318 e. The topological polar surface area (TPSA) is 42.5 Å². The molecule has 1 aliphatic heterocycles. The predicted molar refractivity (Wildman–Crippen MR) is 139 cm³/mol. The van der Waals surface area contributed by atoms with Crippen molar-refractivity contribution in [2.75, 3.05) is 13.6 Å². The molecular formula is C27H39ClN4O. The Morgan fingerprint density at radius 2 is 1.91 bits per heavy atom. The first-order valence-corrected chi connectivity index (χ1v) is 12.8. The zero-order valence-corrected chi connectivity index (χ0v) is 21.4. The van der Waals surface area contributed by atoms with Crippen LogP contribution < -0.4 is 5.56 Å². The van der Waals surface area contributed by atoms with Crippen molar-refractivity contribution in [1.82, 2.24) is 18.9 Å². The Labute approximate surface area is 203 Å². The average molecular weight is 471 g/mol. The average Bonchev–Trinajstić information content (AvgIpc) is 3.42. The summed E-state index contributed by atoms with van der Waals surface area (Å²) in [5.41, 5.74) is 1.67. The van der Waals surface area contributed by atoms with Crippen LogP contribution in [0, 0.1) is 5.92 Å². The molecule has 0 radical (unpaired) electrons. The summed E-state index contributed by atoms with van der Waals surface area (Å²) >= 11 is 5.92. The minimum Gasteiger partial charge on any atom is -0.318 e. The highest BCUT2D eigenvalue weighted by molar-refractivity contribution is 6.30. The Morgan fingerprint density at radius 1 is 1.15 bits per heavy atom. The monoisotopic (exact) mass is 470 g/mol. The second-order valence-corrected chi connectivity index (χ2v) is 10.0. The SMILES string of the molecule is CC(C)CCC1CCCN1C.CCCCCn1ccc(=O)n2cc(-c3ccc(Cl)cc3)nc12. The van der Waals surface area contributed by atoms with Crippen molar-refractivity contribution in [2.45, 2.75) is 78.3 Å². The summed E-state index contributed by atoms with van der Waals surface area (Å²) < 4.78 is 3.65. The van der Waals surface area contributed by atoms with Gasteiger partial charge in [0.15, 0.2) is 0 Å². The second kappa shape index (κ2) is 12.4. The lowest BCUT2D eigenvalue weighted by molar-refractivity contribution is 0.282. The van der Waals surface area contributed by atoms with E-state index in [4.69, 9.17) is 11.6 Å². The summed E-state index contributed by atoms with van der Waals surface area (Å²) in [5.74, 6) is 1.57. The first kappa shape index (κ1) is 25.5. The fraction of sp³-hybridized carbons (Fsp3) is 0.556. The molecular weight excluding hydrogens is 432 g/mol. The van der Waals surface area contributed by atoms with E-state index in [1.807, 2.05) is 35.0 Å². The van der Waals surface area contributed by atoms with Crippen molar-refractivity contribution >= 4 is 17.4 Å². The van der Waals surface area contributed by atoms with Gasteiger partial charge in [-0.05, 0) is 63.7 Å². The van der Waals surface area contributed by atoms with Crippen LogP contribution in [0.15, 0.2) is 47.5 Å². The molecule has 0 aliphatic carbocycles. The summed E-state index contributed by atoms with van der Waals surface area (Å²) in [6.45, 7) is 9.00. The van der Waals surface area contributed by atoms with Gasteiger partial charge in [0.1, 0.15) is 0 Å². The molecule has 1 aromatic carbocycles. The molecule has 0 amide bonds. The molecule has 1 saturated heterocycles. The molecule has 3 aromatic rings. The van der Waals surface area contributed by atoms with Crippen LogP contribution >= 0.6 is 11.6 Å². The summed E-state index contributed by atoms with van der Waals surface area (Å²) in [4.78, 5) is 19.2. The van der Waals surface area contributed by atoms with Gasteiger partial charge in [-0.15, -0.1) is 0 Å². The summed E-state index contributed by atoms with van der Waals surface area (Å²) in [7, 11) is 2.26. The minimum atomic E-state index is -0.0607. The van der Waals surface area contributed by atoms with E-state index in [0.717, 1.165) is 36.2 Å². The maximum atomic E-state index is 12.0. The molecule has 6 heteroatoms. The van der Waals surface area contributed by atoms with Gasteiger partial charge in [-0.2, -0.15) is 0 Å². The lowest BCUT2D eigenvalue weighted by Crippen LogP contribution is -2.24. The summed E-state index contributed by atoms with van der Waals surface area (Å²) in [5, 5.41) is 0.687. The van der Waals surface area contributed by atoms with Gasteiger partial charge in [0.25, 0.3) is 5.56 Å².